The van der Waals surface area contributed by atoms with Crippen LogP contribution in [0.25, 0.3) is 0 Å². The summed E-state index contributed by atoms with van der Waals surface area (Å²) in [6, 6.07) is 0. The van der Waals surface area contributed by atoms with E-state index in [4.69, 9.17) is 0 Å². The predicted octanol–water partition coefficient (Wildman–Crippen LogP) is 4.61. The molecule has 0 heterocycles. The van der Waals surface area contributed by atoms with Crippen LogP contribution in [0.15, 0.2) is 38.0 Å². The van der Waals surface area contributed by atoms with E-state index in [0.29, 0.717) is 0 Å². The zero-order valence-corrected chi connectivity index (χ0v) is 7.06. The Kier molecular flexibility index (Phi) is 39.3. The Bertz CT molecular complexity index is 136. The molecule has 0 amide bonds. The standard InChI is InChI=1S/C2HF3.C2H2F2.C2H3F.ClH/c3-1-2(4)5;1-2(3)4;1-2-3;/h1H;1H2;2H,1H2;1H. The van der Waals surface area contributed by atoms with Gasteiger partial charge in [-0.25, -0.2) is 8.78 Å². The number of rotatable bonds is 0. The first-order valence-corrected chi connectivity index (χ1v) is 2.24. The fourth-order valence-corrected chi connectivity index (χ4v) is 0. The molecule has 80 valence electrons. The van der Waals surface area contributed by atoms with E-state index in [9.17, 15) is 26.3 Å². The SMILES string of the molecule is C=C(F)F.C=CF.Cl.FC=C(F)F. The highest BCUT2D eigenvalue weighted by Gasteiger charge is 1.78. The fourth-order valence-electron chi connectivity index (χ4n) is 0. The maximum absolute atomic E-state index is 10.2. The van der Waals surface area contributed by atoms with E-state index in [1.807, 2.05) is 0 Å². The molecule has 0 aromatic rings. The van der Waals surface area contributed by atoms with Gasteiger partial charge in [0.25, 0.3) is 12.2 Å². The first-order valence-electron chi connectivity index (χ1n) is 2.24. The van der Waals surface area contributed by atoms with E-state index >= 15 is 0 Å². The van der Waals surface area contributed by atoms with Crippen molar-refractivity contribution >= 4 is 12.4 Å². The Morgan fingerprint density at radius 1 is 1.00 bits per heavy atom. The van der Waals surface area contributed by atoms with Crippen molar-refractivity contribution in [3.8, 4) is 0 Å². The summed E-state index contributed by atoms with van der Waals surface area (Å²) in [5.41, 5.74) is 0. The minimum Gasteiger partial charge on any atom is -0.216 e. The van der Waals surface area contributed by atoms with Crippen LogP contribution in [0.3, 0.4) is 0 Å². The zero-order chi connectivity index (χ0) is 10.6. The van der Waals surface area contributed by atoms with Crippen molar-refractivity contribution in [3.63, 3.8) is 0 Å². The molecule has 0 aliphatic rings. The number of hydrogen-bond donors (Lipinski definition) is 0. The Morgan fingerprint density at radius 3 is 1.08 bits per heavy atom. The average Bonchev–Trinajstić information content (AvgIpc) is 1.88. The van der Waals surface area contributed by atoms with Gasteiger partial charge in [0, 0.05) is 0 Å². The van der Waals surface area contributed by atoms with Crippen molar-refractivity contribution in [2.75, 3.05) is 0 Å². The summed E-state index contributed by atoms with van der Waals surface area (Å²) < 4.78 is 61.0. The molecule has 0 aliphatic heterocycles. The van der Waals surface area contributed by atoms with Crippen LogP contribution < -0.4 is 0 Å². The molecule has 13 heavy (non-hydrogen) atoms. The van der Waals surface area contributed by atoms with Crippen LogP contribution in [-0.4, -0.2) is 0 Å². The van der Waals surface area contributed by atoms with Crippen molar-refractivity contribution in [1.29, 1.82) is 0 Å². The van der Waals surface area contributed by atoms with Crippen molar-refractivity contribution in [2.45, 2.75) is 0 Å². The summed E-state index contributed by atoms with van der Waals surface area (Å²) in [6.45, 7) is 4.92. The smallest absolute Gasteiger partial charge is 0.216 e. The number of hydrogen-bond acceptors (Lipinski definition) is 0. The lowest BCUT2D eigenvalue weighted by molar-refractivity contribution is 0.400. The first-order chi connectivity index (χ1) is 5.42. The topological polar surface area (TPSA) is 0 Å². The summed E-state index contributed by atoms with van der Waals surface area (Å²) >= 11 is 0. The van der Waals surface area contributed by atoms with Gasteiger partial charge in [-0.2, -0.15) is 17.6 Å². The molecule has 0 saturated heterocycles. The zero-order valence-electron chi connectivity index (χ0n) is 6.24. The van der Waals surface area contributed by atoms with Gasteiger partial charge in [0.15, 0.2) is 6.33 Å². The molecule has 0 saturated carbocycles. The molecule has 0 N–H and O–H groups in total. The highest BCUT2D eigenvalue weighted by atomic mass is 35.5. The third-order valence-corrected chi connectivity index (χ3v) is 0.0825. The van der Waals surface area contributed by atoms with Crippen LogP contribution in [0.4, 0.5) is 26.3 Å². The second kappa shape index (κ2) is 22.5. The van der Waals surface area contributed by atoms with Crippen molar-refractivity contribution < 1.29 is 26.3 Å². The summed E-state index contributed by atoms with van der Waals surface area (Å²) in [7, 11) is 0. The third kappa shape index (κ3) is 771. The molecule has 0 rings (SSSR count). The van der Waals surface area contributed by atoms with Gasteiger partial charge in [0.1, 0.15) is 0 Å². The van der Waals surface area contributed by atoms with Gasteiger partial charge >= 0.3 is 0 Å². The molecule has 0 fully saturated rings. The maximum atomic E-state index is 10.2. The fraction of sp³-hybridized carbons (Fsp3) is 0. The molecule has 0 spiro atoms. The quantitative estimate of drug-likeness (QED) is 0.531. The summed E-state index contributed by atoms with van der Waals surface area (Å²) in [5, 5.41) is 0. The highest BCUT2D eigenvalue weighted by Crippen LogP contribution is 1.93. The molecular formula is C6H7ClF6. The van der Waals surface area contributed by atoms with Crippen molar-refractivity contribution in [2.24, 2.45) is 0 Å². The Morgan fingerprint density at radius 2 is 1.08 bits per heavy atom. The maximum Gasteiger partial charge on any atom is 0.298 e. The van der Waals surface area contributed by atoms with Gasteiger partial charge in [-0.05, 0) is 6.58 Å². The largest absolute Gasteiger partial charge is 0.298 e. The van der Waals surface area contributed by atoms with Gasteiger partial charge in [0.2, 0.25) is 0 Å². The molecule has 0 nitrogen and oxygen atoms in total. The lowest BCUT2D eigenvalue weighted by Gasteiger charge is -1.59. The summed E-state index contributed by atoms with van der Waals surface area (Å²) in [5.74, 6) is 0. The van der Waals surface area contributed by atoms with E-state index < -0.39 is 18.5 Å². The normalized spacial score (nSPS) is 5.69. The van der Waals surface area contributed by atoms with Gasteiger partial charge in [0.05, 0.1) is 6.33 Å². The predicted molar refractivity (Wildman–Crippen MR) is 41.3 cm³/mol. The monoisotopic (exact) mass is 228 g/mol. The van der Waals surface area contributed by atoms with Crippen LogP contribution in [0.1, 0.15) is 0 Å². The second-order valence-corrected chi connectivity index (χ2v) is 0.892. The highest BCUT2D eigenvalue weighted by molar-refractivity contribution is 5.85. The van der Waals surface area contributed by atoms with Gasteiger partial charge < -0.3 is 0 Å². The first kappa shape index (κ1) is 22.7. The van der Waals surface area contributed by atoms with E-state index in [1.165, 1.54) is 0 Å². The minimum atomic E-state index is -2.29. The summed E-state index contributed by atoms with van der Waals surface area (Å²) in [6.07, 6.45) is -4.62. The molecule has 0 radical (unpaired) electrons. The van der Waals surface area contributed by atoms with E-state index in [-0.39, 0.29) is 18.7 Å². The Balaban J connectivity index is -0.0000000465. The number of halogens is 7. The van der Waals surface area contributed by atoms with Crippen LogP contribution >= 0.6 is 12.4 Å². The molecule has 0 aromatic carbocycles. The molecule has 0 atom stereocenters. The van der Waals surface area contributed by atoms with Crippen LogP contribution in [0.2, 0.25) is 0 Å². The van der Waals surface area contributed by atoms with Crippen LogP contribution in [-0.2, 0) is 0 Å². The van der Waals surface area contributed by atoms with Gasteiger partial charge in [-0.3, -0.25) is 0 Å². The Labute approximate surface area is 77.7 Å². The molecule has 0 aliphatic carbocycles. The van der Waals surface area contributed by atoms with Crippen LogP contribution in [0.5, 0.6) is 0 Å². The van der Waals surface area contributed by atoms with Crippen molar-refractivity contribution in [3.05, 3.63) is 38.0 Å². The average molecular weight is 229 g/mol. The molecule has 0 bridgehead atoms. The van der Waals surface area contributed by atoms with Crippen molar-refractivity contribution in [1.82, 2.24) is 0 Å². The third-order valence-electron chi connectivity index (χ3n) is 0.0825. The lowest BCUT2D eigenvalue weighted by atomic mass is 11.1. The van der Waals surface area contributed by atoms with Crippen LogP contribution in [0, 0.1) is 0 Å². The Hall–Kier alpha value is -0.910. The van der Waals surface area contributed by atoms with E-state index in [1.54, 1.807) is 0 Å². The molecule has 7 heteroatoms. The molecular weight excluding hydrogens is 222 g/mol. The van der Waals surface area contributed by atoms with E-state index in [0.717, 1.165) is 0 Å². The summed E-state index contributed by atoms with van der Waals surface area (Å²) in [4.78, 5) is 0. The van der Waals surface area contributed by atoms with Gasteiger partial charge in [-0.15, -0.1) is 12.4 Å². The molecule has 0 aromatic heterocycles. The minimum absolute atomic E-state index is 0. The second-order valence-electron chi connectivity index (χ2n) is 0.892. The van der Waals surface area contributed by atoms with Gasteiger partial charge in [-0.1, -0.05) is 6.58 Å². The molecule has 0 unspecified atom stereocenters. The lowest BCUT2D eigenvalue weighted by Crippen LogP contribution is -1.42. The van der Waals surface area contributed by atoms with E-state index in [2.05, 4.69) is 13.2 Å².